The molecule has 1 aromatic carbocycles. The molecule has 2 aromatic rings. The van der Waals surface area contributed by atoms with E-state index in [0.29, 0.717) is 15.9 Å². The Morgan fingerprint density at radius 2 is 2.00 bits per heavy atom. The van der Waals surface area contributed by atoms with Crippen LogP contribution in [0.15, 0.2) is 45.5 Å². The van der Waals surface area contributed by atoms with Crippen LogP contribution in [0.3, 0.4) is 0 Å². The van der Waals surface area contributed by atoms with Crippen molar-refractivity contribution in [3.63, 3.8) is 0 Å². The van der Waals surface area contributed by atoms with Crippen molar-refractivity contribution in [1.82, 2.24) is 4.98 Å². The fourth-order valence-corrected chi connectivity index (χ4v) is 2.09. The maximum absolute atomic E-state index is 12.7. The fraction of sp³-hybridized carbons (Fsp3) is 0. The van der Waals surface area contributed by atoms with E-state index in [1.54, 1.807) is 12.1 Å². The Bertz CT molecular complexity index is 587. The van der Waals surface area contributed by atoms with Crippen LogP contribution in [0, 0.1) is 5.82 Å². The molecule has 0 aliphatic carbocycles. The number of anilines is 1. The van der Waals surface area contributed by atoms with Crippen LogP contribution in [0.25, 0.3) is 0 Å². The zero-order chi connectivity index (χ0) is 13.1. The van der Waals surface area contributed by atoms with Crippen LogP contribution in [0.5, 0.6) is 0 Å². The quantitative estimate of drug-likeness (QED) is 0.864. The Morgan fingerprint density at radius 1 is 1.22 bits per heavy atom. The maximum atomic E-state index is 12.7. The number of benzene rings is 1. The van der Waals surface area contributed by atoms with Gasteiger partial charge >= 0.3 is 0 Å². The molecule has 1 aromatic heterocycles. The summed E-state index contributed by atoms with van der Waals surface area (Å²) in [4.78, 5) is 15.7. The predicted molar refractivity (Wildman–Crippen MR) is 74.0 cm³/mol. The van der Waals surface area contributed by atoms with Crippen molar-refractivity contribution in [3.8, 4) is 0 Å². The normalized spacial score (nSPS) is 10.2. The minimum Gasteiger partial charge on any atom is -0.307 e. The van der Waals surface area contributed by atoms with Crippen molar-refractivity contribution < 1.29 is 9.18 Å². The minimum atomic E-state index is -0.448. The summed E-state index contributed by atoms with van der Waals surface area (Å²) in [5.74, 6) is -0.466. The van der Waals surface area contributed by atoms with Gasteiger partial charge in [-0.25, -0.2) is 9.37 Å². The summed E-state index contributed by atoms with van der Waals surface area (Å²) >= 11 is 6.59. The van der Waals surface area contributed by atoms with Gasteiger partial charge in [0.1, 0.15) is 11.6 Å². The highest BCUT2D eigenvalue weighted by atomic mass is 79.9. The van der Waals surface area contributed by atoms with E-state index in [4.69, 9.17) is 0 Å². The molecule has 92 valence electrons. The third-order valence-electron chi connectivity index (χ3n) is 2.14. The number of halogens is 3. The summed E-state index contributed by atoms with van der Waals surface area (Å²) in [5, 5.41) is 2.59. The molecule has 0 aliphatic heterocycles. The Labute approximate surface area is 120 Å². The Hall–Kier alpha value is -1.27. The van der Waals surface area contributed by atoms with Gasteiger partial charge in [0.05, 0.1) is 11.8 Å². The summed E-state index contributed by atoms with van der Waals surface area (Å²) in [6.07, 6.45) is 1.05. The molecule has 0 unspecified atom stereocenters. The number of hydrogen-bond donors (Lipinski definition) is 1. The summed E-state index contributed by atoms with van der Waals surface area (Å²) in [6.45, 7) is 0. The second kappa shape index (κ2) is 5.58. The molecule has 1 N–H and O–H groups in total. The average molecular weight is 374 g/mol. The van der Waals surface area contributed by atoms with Crippen LogP contribution in [-0.2, 0) is 0 Å². The topological polar surface area (TPSA) is 42.0 Å². The van der Waals surface area contributed by atoms with Gasteiger partial charge in [0.15, 0.2) is 0 Å². The molecule has 1 heterocycles. The molecule has 2 rings (SSSR count). The van der Waals surface area contributed by atoms with Crippen molar-refractivity contribution in [2.75, 3.05) is 5.32 Å². The number of carbonyl (C=O) groups is 1. The average Bonchev–Trinajstić information content (AvgIpc) is 2.35. The number of amides is 1. The van der Waals surface area contributed by atoms with E-state index >= 15 is 0 Å². The monoisotopic (exact) mass is 372 g/mol. The van der Waals surface area contributed by atoms with E-state index in [0.717, 1.165) is 10.7 Å². The number of carbonyl (C=O) groups excluding carboxylic acids is 1. The van der Waals surface area contributed by atoms with Gasteiger partial charge in [0.25, 0.3) is 5.91 Å². The molecule has 0 aliphatic rings. The number of hydrogen-bond acceptors (Lipinski definition) is 2. The molecule has 0 saturated heterocycles. The first kappa shape index (κ1) is 13.2. The largest absolute Gasteiger partial charge is 0.307 e. The van der Waals surface area contributed by atoms with Crippen molar-refractivity contribution in [2.45, 2.75) is 0 Å². The molecule has 18 heavy (non-hydrogen) atoms. The van der Waals surface area contributed by atoms with Crippen LogP contribution in [0.4, 0.5) is 10.2 Å². The molecule has 0 fully saturated rings. The Kier molecular flexibility index (Phi) is 4.08. The molecule has 3 nitrogen and oxygen atoms in total. The lowest BCUT2D eigenvalue weighted by molar-refractivity contribution is 0.102. The molecule has 0 saturated carbocycles. The summed E-state index contributed by atoms with van der Waals surface area (Å²) in [5.41, 5.74) is 0.468. The van der Waals surface area contributed by atoms with Crippen LogP contribution >= 0.6 is 31.9 Å². The third-order valence-corrected chi connectivity index (χ3v) is 3.33. The van der Waals surface area contributed by atoms with E-state index in [1.807, 2.05) is 6.07 Å². The number of pyridine rings is 1. The first-order valence-electron chi connectivity index (χ1n) is 4.94. The number of nitrogens with zero attached hydrogens (tertiary/aromatic N) is 1. The molecule has 0 atom stereocenters. The van der Waals surface area contributed by atoms with Crippen molar-refractivity contribution >= 4 is 43.6 Å². The van der Waals surface area contributed by atoms with E-state index in [9.17, 15) is 9.18 Å². The molecule has 0 radical (unpaired) electrons. The second-order valence-corrected chi connectivity index (χ2v) is 5.21. The molecule has 1 amide bonds. The molecular formula is C12H7Br2FN2O. The van der Waals surface area contributed by atoms with Crippen molar-refractivity contribution in [2.24, 2.45) is 0 Å². The van der Waals surface area contributed by atoms with E-state index in [2.05, 4.69) is 42.2 Å². The van der Waals surface area contributed by atoms with Gasteiger partial charge < -0.3 is 5.32 Å². The minimum absolute atomic E-state index is 0.299. The second-order valence-electron chi connectivity index (χ2n) is 3.44. The number of aromatic nitrogens is 1. The van der Waals surface area contributed by atoms with Gasteiger partial charge in [-0.2, -0.15) is 0 Å². The zero-order valence-corrected chi connectivity index (χ0v) is 12.1. The zero-order valence-electron chi connectivity index (χ0n) is 8.95. The summed E-state index contributed by atoms with van der Waals surface area (Å²) in [6, 6.07) is 7.90. The number of rotatable bonds is 2. The van der Waals surface area contributed by atoms with Gasteiger partial charge in [0, 0.05) is 8.95 Å². The Balaban J connectivity index is 2.21. The SMILES string of the molecule is O=C(Nc1ccc(F)cn1)c1cc(Br)ccc1Br. The van der Waals surface area contributed by atoms with Gasteiger partial charge in [-0.15, -0.1) is 0 Å². The third kappa shape index (κ3) is 3.14. The highest BCUT2D eigenvalue weighted by Crippen LogP contribution is 2.22. The fourth-order valence-electron chi connectivity index (χ4n) is 1.30. The summed E-state index contributed by atoms with van der Waals surface area (Å²) < 4.78 is 14.1. The smallest absolute Gasteiger partial charge is 0.258 e. The first-order valence-corrected chi connectivity index (χ1v) is 6.53. The van der Waals surface area contributed by atoms with E-state index in [1.165, 1.54) is 12.1 Å². The van der Waals surface area contributed by atoms with Gasteiger partial charge in [0.2, 0.25) is 0 Å². The van der Waals surface area contributed by atoms with Crippen LogP contribution in [-0.4, -0.2) is 10.9 Å². The van der Waals surface area contributed by atoms with Crippen molar-refractivity contribution in [3.05, 3.63) is 56.9 Å². The maximum Gasteiger partial charge on any atom is 0.258 e. The van der Waals surface area contributed by atoms with E-state index in [-0.39, 0.29) is 5.91 Å². The standard InChI is InChI=1S/C12H7Br2FN2O/c13-7-1-3-10(14)9(5-7)12(18)17-11-4-2-8(15)6-16-11/h1-6H,(H,16,17,18). The summed E-state index contributed by atoms with van der Waals surface area (Å²) in [7, 11) is 0. The predicted octanol–water partition coefficient (Wildman–Crippen LogP) is 4.00. The van der Waals surface area contributed by atoms with Crippen LogP contribution in [0.1, 0.15) is 10.4 Å². The lowest BCUT2D eigenvalue weighted by Crippen LogP contribution is -2.13. The van der Waals surface area contributed by atoms with Crippen LogP contribution < -0.4 is 5.32 Å². The highest BCUT2D eigenvalue weighted by molar-refractivity contribution is 9.11. The van der Waals surface area contributed by atoms with E-state index < -0.39 is 5.82 Å². The lowest BCUT2D eigenvalue weighted by atomic mass is 10.2. The van der Waals surface area contributed by atoms with Gasteiger partial charge in [-0.1, -0.05) is 15.9 Å². The van der Waals surface area contributed by atoms with Gasteiger partial charge in [-0.3, -0.25) is 4.79 Å². The number of nitrogens with one attached hydrogen (secondary N) is 1. The van der Waals surface area contributed by atoms with Crippen LogP contribution in [0.2, 0.25) is 0 Å². The van der Waals surface area contributed by atoms with Gasteiger partial charge in [-0.05, 0) is 46.3 Å². The molecule has 0 spiro atoms. The van der Waals surface area contributed by atoms with Crippen molar-refractivity contribution in [1.29, 1.82) is 0 Å². The first-order chi connectivity index (χ1) is 8.56. The lowest BCUT2D eigenvalue weighted by Gasteiger charge is -2.06. The molecule has 6 heteroatoms. The molecule has 0 bridgehead atoms. The highest BCUT2D eigenvalue weighted by Gasteiger charge is 2.11. The Morgan fingerprint density at radius 3 is 2.67 bits per heavy atom. The molecular weight excluding hydrogens is 367 g/mol.